The maximum Gasteiger partial charge on any atom is 0.273 e. The smallest absolute Gasteiger partial charge is 0.273 e. The number of carbonyl (C=O) groups is 1. The number of nitrogens with zero attached hydrogens (tertiary/aromatic N) is 2. The average molecular weight is 421 g/mol. The molecular formula is C24H27N3O4. The summed E-state index contributed by atoms with van der Waals surface area (Å²) in [7, 11) is 4.87. The number of carbonyl (C=O) groups excluding carboxylic acids is 1. The fourth-order valence-electron chi connectivity index (χ4n) is 4.15. The number of nitrogens with one attached hydrogen (secondary N) is 1. The Bertz CT molecular complexity index is 1110. The van der Waals surface area contributed by atoms with Crippen LogP contribution in [0.2, 0.25) is 0 Å². The summed E-state index contributed by atoms with van der Waals surface area (Å²) >= 11 is 0. The number of hydrogen-bond donors (Lipinski definition) is 1. The molecule has 4 rings (SSSR count). The third-order valence-electron chi connectivity index (χ3n) is 5.59. The topological polar surface area (TPSA) is 76.7 Å². The molecule has 1 atom stereocenters. The summed E-state index contributed by atoms with van der Waals surface area (Å²) in [6.07, 6.45) is 0. The normalized spacial score (nSPS) is 15.7. The Hall–Kier alpha value is -3.48. The number of aromatic nitrogens is 2. The Morgan fingerprint density at radius 2 is 1.58 bits per heavy atom. The minimum Gasteiger partial charge on any atom is -0.497 e. The van der Waals surface area contributed by atoms with Crippen molar-refractivity contribution in [3.8, 4) is 28.5 Å². The van der Waals surface area contributed by atoms with Gasteiger partial charge < -0.3 is 19.1 Å². The van der Waals surface area contributed by atoms with Crippen molar-refractivity contribution in [1.29, 1.82) is 0 Å². The Morgan fingerprint density at radius 1 is 0.935 bits per heavy atom. The number of benzene rings is 2. The zero-order valence-electron chi connectivity index (χ0n) is 18.6. The molecule has 31 heavy (non-hydrogen) atoms. The van der Waals surface area contributed by atoms with E-state index in [4.69, 9.17) is 14.2 Å². The Balaban J connectivity index is 1.94. The summed E-state index contributed by atoms with van der Waals surface area (Å²) < 4.78 is 16.3. The monoisotopic (exact) mass is 421 g/mol. The minimum absolute atomic E-state index is 0.0855. The second-order valence-corrected chi connectivity index (χ2v) is 8.45. The van der Waals surface area contributed by atoms with Crippen LogP contribution >= 0.6 is 0 Å². The first kappa shape index (κ1) is 20.8. The Kier molecular flexibility index (Phi) is 5.13. The van der Waals surface area contributed by atoms with E-state index in [1.165, 1.54) is 0 Å². The van der Waals surface area contributed by atoms with Crippen LogP contribution in [-0.2, 0) is 0 Å². The van der Waals surface area contributed by atoms with Crippen LogP contribution < -0.4 is 14.2 Å². The van der Waals surface area contributed by atoms with Gasteiger partial charge >= 0.3 is 0 Å². The van der Waals surface area contributed by atoms with Crippen LogP contribution in [0.15, 0.2) is 42.5 Å². The van der Waals surface area contributed by atoms with Crippen LogP contribution in [-0.4, -0.2) is 47.9 Å². The second-order valence-electron chi connectivity index (χ2n) is 8.45. The summed E-state index contributed by atoms with van der Waals surface area (Å²) in [5.74, 6) is 2.02. The maximum atomic E-state index is 13.5. The lowest BCUT2D eigenvalue weighted by molar-refractivity contribution is 0.0543. The van der Waals surface area contributed by atoms with Crippen LogP contribution in [0.25, 0.3) is 11.3 Å². The van der Waals surface area contributed by atoms with Crippen molar-refractivity contribution in [2.45, 2.75) is 32.4 Å². The number of rotatable bonds is 5. The highest BCUT2D eigenvalue weighted by Gasteiger charge is 2.47. The average Bonchev–Trinajstić information content (AvgIpc) is 3.32. The minimum atomic E-state index is -0.427. The Labute approximate surface area is 181 Å². The number of hydrogen-bond acceptors (Lipinski definition) is 5. The molecule has 0 fully saturated rings. The highest BCUT2D eigenvalue weighted by atomic mass is 16.5. The van der Waals surface area contributed by atoms with Gasteiger partial charge in [-0.05, 0) is 57.2 Å². The van der Waals surface area contributed by atoms with Crippen LogP contribution in [0.5, 0.6) is 17.2 Å². The van der Waals surface area contributed by atoms with Crippen molar-refractivity contribution in [3.63, 3.8) is 0 Å². The molecule has 0 aliphatic carbocycles. The van der Waals surface area contributed by atoms with Crippen molar-refractivity contribution in [2.24, 2.45) is 0 Å². The van der Waals surface area contributed by atoms with Gasteiger partial charge in [-0.2, -0.15) is 5.10 Å². The molecule has 1 unspecified atom stereocenters. The zero-order valence-corrected chi connectivity index (χ0v) is 18.6. The molecule has 2 aromatic carbocycles. The molecule has 1 amide bonds. The molecule has 0 saturated carbocycles. The molecule has 0 saturated heterocycles. The predicted molar refractivity (Wildman–Crippen MR) is 118 cm³/mol. The van der Waals surface area contributed by atoms with Gasteiger partial charge in [0.2, 0.25) is 0 Å². The lowest BCUT2D eigenvalue weighted by Gasteiger charge is -2.38. The summed E-state index contributed by atoms with van der Waals surface area (Å²) in [5.41, 5.74) is 3.43. The molecule has 3 aromatic rings. The fraction of sp³-hybridized carbons (Fsp3) is 0.333. The van der Waals surface area contributed by atoms with Gasteiger partial charge in [-0.15, -0.1) is 0 Å². The van der Waals surface area contributed by atoms with E-state index in [1.54, 1.807) is 21.3 Å². The molecule has 0 spiro atoms. The number of H-pyrrole nitrogens is 1. The fourth-order valence-corrected chi connectivity index (χ4v) is 4.15. The van der Waals surface area contributed by atoms with Crippen LogP contribution in [0, 0.1) is 0 Å². The van der Waals surface area contributed by atoms with Gasteiger partial charge in [0.25, 0.3) is 5.91 Å². The molecule has 7 heteroatoms. The molecular weight excluding hydrogens is 394 g/mol. The maximum absolute atomic E-state index is 13.5. The van der Waals surface area contributed by atoms with E-state index in [0.717, 1.165) is 28.1 Å². The van der Waals surface area contributed by atoms with E-state index >= 15 is 0 Å². The molecule has 162 valence electrons. The number of aromatic amines is 1. The van der Waals surface area contributed by atoms with E-state index in [1.807, 2.05) is 68.1 Å². The second kappa shape index (κ2) is 7.65. The highest BCUT2D eigenvalue weighted by Crippen LogP contribution is 2.48. The SMILES string of the molecule is COc1ccc(-c2n[nH]c3c2C(c2ccc(OC)cc2OC)N(C(C)(C)C)C3=O)cc1. The summed E-state index contributed by atoms with van der Waals surface area (Å²) in [5, 5.41) is 7.50. The van der Waals surface area contributed by atoms with E-state index in [0.29, 0.717) is 17.2 Å². The van der Waals surface area contributed by atoms with Gasteiger partial charge in [-0.25, -0.2) is 0 Å². The largest absolute Gasteiger partial charge is 0.497 e. The van der Waals surface area contributed by atoms with Gasteiger partial charge in [-0.1, -0.05) is 0 Å². The quantitative estimate of drug-likeness (QED) is 0.659. The first-order valence-electron chi connectivity index (χ1n) is 10.1. The van der Waals surface area contributed by atoms with Crippen molar-refractivity contribution in [3.05, 3.63) is 59.3 Å². The summed E-state index contributed by atoms with van der Waals surface area (Å²) in [6.45, 7) is 6.08. The third-order valence-corrected chi connectivity index (χ3v) is 5.59. The number of ether oxygens (including phenoxy) is 3. The number of amides is 1. The van der Waals surface area contributed by atoms with Gasteiger partial charge in [0.15, 0.2) is 0 Å². The predicted octanol–water partition coefficient (Wildman–Crippen LogP) is 4.45. The van der Waals surface area contributed by atoms with Crippen molar-refractivity contribution in [2.75, 3.05) is 21.3 Å². The van der Waals surface area contributed by atoms with Crippen molar-refractivity contribution >= 4 is 5.91 Å². The van der Waals surface area contributed by atoms with Gasteiger partial charge in [0.05, 0.1) is 33.1 Å². The van der Waals surface area contributed by atoms with Crippen LogP contribution in [0.1, 0.15) is 48.4 Å². The van der Waals surface area contributed by atoms with E-state index < -0.39 is 5.54 Å². The summed E-state index contributed by atoms with van der Waals surface area (Å²) in [4.78, 5) is 15.3. The first-order valence-corrected chi connectivity index (χ1v) is 10.1. The van der Waals surface area contributed by atoms with Crippen LogP contribution in [0.4, 0.5) is 0 Å². The molecule has 0 radical (unpaired) electrons. The number of methoxy groups -OCH3 is 3. The van der Waals surface area contributed by atoms with E-state index in [-0.39, 0.29) is 11.9 Å². The number of fused-ring (bicyclic) bond motifs is 1. The lowest BCUT2D eigenvalue weighted by Crippen LogP contribution is -2.44. The molecule has 1 aliphatic rings. The van der Waals surface area contributed by atoms with Gasteiger partial charge in [-0.3, -0.25) is 9.89 Å². The highest BCUT2D eigenvalue weighted by molar-refractivity contribution is 6.00. The third kappa shape index (κ3) is 3.40. The van der Waals surface area contributed by atoms with E-state index in [9.17, 15) is 4.79 Å². The molecule has 1 aliphatic heterocycles. The lowest BCUT2D eigenvalue weighted by atomic mass is 9.93. The zero-order chi connectivity index (χ0) is 22.3. The first-order chi connectivity index (χ1) is 14.8. The molecule has 1 aromatic heterocycles. The van der Waals surface area contributed by atoms with Crippen molar-refractivity contribution in [1.82, 2.24) is 15.1 Å². The Morgan fingerprint density at radius 3 is 2.16 bits per heavy atom. The summed E-state index contributed by atoms with van der Waals surface area (Å²) in [6, 6.07) is 13.0. The van der Waals surface area contributed by atoms with E-state index in [2.05, 4.69) is 10.2 Å². The van der Waals surface area contributed by atoms with Crippen LogP contribution in [0.3, 0.4) is 0 Å². The molecule has 7 nitrogen and oxygen atoms in total. The molecule has 0 bridgehead atoms. The van der Waals surface area contributed by atoms with Gasteiger partial charge in [0.1, 0.15) is 22.9 Å². The standard InChI is InChI=1S/C24H27N3O4/c1-24(2,3)27-22(17-12-11-16(30-5)13-18(17)31-6)19-20(25-26-21(19)23(27)28)14-7-9-15(29-4)10-8-14/h7-13,22H,1-6H3,(H,25,26). The molecule has 2 heterocycles. The van der Waals surface area contributed by atoms with Gasteiger partial charge in [0, 0.05) is 28.3 Å². The van der Waals surface area contributed by atoms with Crippen molar-refractivity contribution < 1.29 is 19.0 Å². The molecule has 1 N–H and O–H groups in total.